The van der Waals surface area contributed by atoms with Crippen molar-refractivity contribution in [2.45, 2.75) is 19.4 Å². The van der Waals surface area contributed by atoms with E-state index in [-0.39, 0.29) is 24.8 Å². The smallest absolute Gasteiger partial charge is 0.253 e. The summed E-state index contributed by atoms with van der Waals surface area (Å²) >= 11 is 6.02. The predicted octanol–water partition coefficient (Wildman–Crippen LogP) is 3.27. The van der Waals surface area contributed by atoms with Crippen molar-refractivity contribution < 1.29 is 14.3 Å². The van der Waals surface area contributed by atoms with E-state index in [4.69, 9.17) is 16.3 Å². The van der Waals surface area contributed by atoms with Gasteiger partial charge < -0.3 is 19.9 Å². The molecule has 1 aliphatic rings. The highest BCUT2D eigenvalue weighted by Crippen LogP contribution is 2.25. The van der Waals surface area contributed by atoms with Gasteiger partial charge >= 0.3 is 0 Å². The number of ether oxygens (including phenoxy) is 1. The molecule has 9 heteroatoms. The second kappa shape index (κ2) is 8.76. The van der Waals surface area contributed by atoms with Gasteiger partial charge in [-0.3, -0.25) is 9.59 Å². The molecule has 1 unspecified atom stereocenters. The number of H-pyrrole nitrogens is 1. The summed E-state index contributed by atoms with van der Waals surface area (Å²) in [6.45, 7) is 2.86. The van der Waals surface area contributed by atoms with Crippen molar-refractivity contribution in [3.63, 3.8) is 0 Å². The molecule has 0 radical (unpaired) electrons. The summed E-state index contributed by atoms with van der Waals surface area (Å²) in [4.78, 5) is 34.3. The van der Waals surface area contributed by atoms with E-state index < -0.39 is 6.04 Å². The minimum atomic E-state index is -0.607. The number of halogens is 1. The van der Waals surface area contributed by atoms with Gasteiger partial charge in [-0.05, 0) is 48.9 Å². The van der Waals surface area contributed by atoms with Gasteiger partial charge in [0.2, 0.25) is 0 Å². The van der Waals surface area contributed by atoms with Gasteiger partial charge in [0, 0.05) is 22.8 Å². The van der Waals surface area contributed by atoms with Crippen molar-refractivity contribution >= 4 is 40.1 Å². The van der Waals surface area contributed by atoms with Gasteiger partial charge in [-0.2, -0.15) is 5.26 Å². The summed E-state index contributed by atoms with van der Waals surface area (Å²) in [5.74, 6) is 0.0479. The van der Waals surface area contributed by atoms with Crippen LogP contribution in [0.25, 0.3) is 11.0 Å². The van der Waals surface area contributed by atoms with Crippen molar-refractivity contribution in [3.8, 4) is 6.07 Å². The average molecular weight is 438 g/mol. The Morgan fingerprint density at radius 2 is 2.23 bits per heavy atom. The summed E-state index contributed by atoms with van der Waals surface area (Å²) in [6.07, 6.45) is 0.0542. The van der Waals surface area contributed by atoms with E-state index in [1.165, 1.54) is 0 Å². The number of anilines is 1. The summed E-state index contributed by atoms with van der Waals surface area (Å²) in [6, 6.07) is 11.9. The van der Waals surface area contributed by atoms with Crippen molar-refractivity contribution in [1.29, 1.82) is 5.26 Å². The third kappa shape index (κ3) is 4.38. The SMILES string of the molecule is Cc1cc(C(=O)NC(CC#N)c2nc3ccc(Cl)cc3[nH]2)ccc1N1CCOCC1=O. The van der Waals surface area contributed by atoms with Crippen LogP contribution in [0.5, 0.6) is 0 Å². The lowest BCUT2D eigenvalue weighted by atomic mass is 10.1. The molecule has 2 heterocycles. The molecule has 8 nitrogen and oxygen atoms in total. The number of imidazole rings is 1. The normalized spacial score (nSPS) is 15.0. The zero-order chi connectivity index (χ0) is 22.0. The van der Waals surface area contributed by atoms with E-state index in [0.29, 0.717) is 35.1 Å². The van der Waals surface area contributed by atoms with Gasteiger partial charge in [0.25, 0.3) is 11.8 Å². The van der Waals surface area contributed by atoms with E-state index >= 15 is 0 Å². The molecule has 1 aromatic heterocycles. The molecule has 3 aromatic rings. The van der Waals surface area contributed by atoms with Crippen LogP contribution in [-0.4, -0.2) is 41.5 Å². The Balaban J connectivity index is 1.55. The highest BCUT2D eigenvalue weighted by Gasteiger charge is 2.23. The number of hydrogen-bond acceptors (Lipinski definition) is 5. The van der Waals surface area contributed by atoms with Crippen LogP contribution < -0.4 is 10.2 Å². The molecule has 1 fully saturated rings. The number of aromatic amines is 1. The van der Waals surface area contributed by atoms with Gasteiger partial charge in [-0.1, -0.05) is 11.6 Å². The average Bonchev–Trinajstić information content (AvgIpc) is 3.17. The lowest BCUT2D eigenvalue weighted by molar-refractivity contribution is -0.125. The number of nitriles is 1. The van der Waals surface area contributed by atoms with Crippen LogP contribution in [0.2, 0.25) is 5.02 Å². The molecule has 158 valence electrons. The number of hydrogen-bond donors (Lipinski definition) is 2. The van der Waals surface area contributed by atoms with Crippen molar-refractivity contribution in [1.82, 2.24) is 15.3 Å². The highest BCUT2D eigenvalue weighted by molar-refractivity contribution is 6.31. The lowest BCUT2D eigenvalue weighted by Crippen LogP contribution is -2.42. The van der Waals surface area contributed by atoms with Crippen LogP contribution in [0.4, 0.5) is 5.69 Å². The summed E-state index contributed by atoms with van der Waals surface area (Å²) in [5, 5.41) is 12.7. The number of morpholine rings is 1. The number of rotatable bonds is 5. The van der Waals surface area contributed by atoms with Gasteiger partial charge in [-0.15, -0.1) is 0 Å². The minimum Gasteiger partial charge on any atom is -0.370 e. The fraction of sp³-hybridized carbons (Fsp3) is 0.273. The van der Waals surface area contributed by atoms with Gasteiger partial charge in [-0.25, -0.2) is 4.98 Å². The Morgan fingerprint density at radius 1 is 1.39 bits per heavy atom. The molecular weight excluding hydrogens is 418 g/mol. The first kappa shape index (κ1) is 20.8. The Morgan fingerprint density at radius 3 is 2.97 bits per heavy atom. The quantitative estimate of drug-likeness (QED) is 0.636. The first-order valence-electron chi connectivity index (χ1n) is 9.78. The molecule has 1 atom stereocenters. The van der Waals surface area contributed by atoms with Crippen LogP contribution in [-0.2, 0) is 9.53 Å². The van der Waals surface area contributed by atoms with Gasteiger partial charge in [0.05, 0.1) is 30.1 Å². The first-order chi connectivity index (χ1) is 15.0. The van der Waals surface area contributed by atoms with E-state index in [0.717, 1.165) is 16.8 Å². The zero-order valence-corrected chi connectivity index (χ0v) is 17.6. The predicted molar refractivity (Wildman–Crippen MR) is 116 cm³/mol. The fourth-order valence-electron chi connectivity index (χ4n) is 3.59. The number of amides is 2. The van der Waals surface area contributed by atoms with E-state index in [1.54, 1.807) is 41.3 Å². The molecule has 31 heavy (non-hydrogen) atoms. The molecule has 1 saturated heterocycles. The number of benzene rings is 2. The number of fused-ring (bicyclic) bond motifs is 1. The number of aryl methyl sites for hydroxylation is 1. The number of nitrogens with zero attached hydrogens (tertiary/aromatic N) is 3. The Bertz CT molecular complexity index is 1200. The van der Waals surface area contributed by atoms with Crippen LogP contribution in [0.15, 0.2) is 36.4 Å². The monoisotopic (exact) mass is 437 g/mol. The van der Waals surface area contributed by atoms with Gasteiger partial charge in [0.1, 0.15) is 18.5 Å². The van der Waals surface area contributed by atoms with Crippen LogP contribution in [0.3, 0.4) is 0 Å². The molecule has 2 N–H and O–H groups in total. The molecule has 1 aliphatic heterocycles. The summed E-state index contributed by atoms with van der Waals surface area (Å²) < 4.78 is 5.17. The summed E-state index contributed by atoms with van der Waals surface area (Å²) in [7, 11) is 0. The number of carbonyl (C=O) groups is 2. The van der Waals surface area contributed by atoms with Gasteiger partial charge in [0.15, 0.2) is 0 Å². The first-order valence-corrected chi connectivity index (χ1v) is 10.2. The maximum Gasteiger partial charge on any atom is 0.253 e. The Hall–Kier alpha value is -3.41. The largest absolute Gasteiger partial charge is 0.370 e. The summed E-state index contributed by atoms with van der Waals surface area (Å²) in [5.41, 5.74) is 3.43. The van der Waals surface area contributed by atoms with Crippen LogP contribution in [0.1, 0.15) is 34.2 Å². The molecule has 0 aliphatic carbocycles. The van der Waals surface area contributed by atoms with E-state index in [9.17, 15) is 14.9 Å². The number of carbonyl (C=O) groups excluding carboxylic acids is 2. The highest BCUT2D eigenvalue weighted by atomic mass is 35.5. The molecule has 0 bridgehead atoms. The minimum absolute atomic E-state index is 0.0542. The molecule has 2 amide bonds. The van der Waals surface area contributed by atoms with Crippen LogP contribution in [0, 0.1) is 18.3 Å². The van der Waals surface area contributed by atoms with Crippen LogP contribution >= 0.6 is 11.6 Å². The third-order valence-corrected chi connectivity index (χ3v) is 5.36. The molecular formula is C22H20ClN5O3. The molecule has 0 saturated carbocycles. The third-order valence-electron chi connectivity index (χ3n) is 5.13. The number of nitrogens with one attached hydrogen (secondary N) is 2. The second-order valence-electron chi connectivity index (χ2n) is 7.27. The maximum atomic E-state index is 12.9. The van der Waals surface area contributed by atoms with E-state index in [2.05, 4.69) is 21.4 Å². The van der Waals surface area contributed by atoms with Crippen molar-refractivity contribution in [3.05, 3.63) is 58.4 Å². The number of aromatic nitrogens is 2. The molecule has 2 aromatic carbocycles. The Kier molecular flexibility index (Phi) is 5.89. The standard InChI is InChI=1S/C22H20ClN5O3/c1-13-10-14(2-5-19(13)28-8-9-31-12-20(28)29)22(30)27-17(6-7-24)21-25-16-4-3-15(23)11-18(16)26-21/h2-5,10-11,17H,6,8-9,12H2,1H3,(H,25,26)(H,27,30). The lowest BCUT2D eigenvalue weighted by Gasteiger charge is -2.28. The topological polar surface area (TPSA) is 111 Å². The maximum absolute atomic E-state index is 12.9. The molecule has 0 spiro atoms. The zero-order valence-electron chi connectivity index (χ0n) is 16.8. The molecule has 4 rings (SSSR count). The Labute approximate surface area is 183 Å². The van der Waals surface area contributed by atoms with E-state index in [1.807, 2.05) is 6.92 Å². The fourth-order valence-corrected chi connectivity index (χ4v) is 3.76. The second-order valence-corrected chi connectivity index (χ2v) is 7.71. The van der Waals surface area contributed by atoms with Crippen molar-refractivity contribution in [2.24, 2.45) is 0 Å². The van der Waals surface area contributed by atoms with Crippen molar-refractivity contribution in [2.75, 3.05) is 24.7 Å².